The Balaban J connectivity index is 2.31. The van der Waals surface area contributed by atoms with Gasteiger partial charge in [-0.25, -0.2) is 4.79 Å². The number of rotatable bonds is 6. The summed E-state index contributed by atoms with van der Waals surface area (Å²) in [5.74, 6) is -1.31. The minimum absolute atomic E-state index is 0.0111. The first-order chi connectivity index (χ1) is 10.0. The third-order valence-electron chi connectivity index (χ3n) is 3.56. The summed E-state index contributed by atoms with van der Waals surface area (Å²) in [6, 6.07) is 5.15. The average Bonchev–Trinajstić information content (AvgIpc) is 2.47. The molecule has 1 heterocycles. The van der Waals surface area contributed by atoms with Crippen LogP contribution in [0.1, 0.15) is 25.3 Å². The zero-order chi connectivity index (χ0) is 15.5. The zero-order valence-corrected chi connectivity index (χ0v) is 12.1. The molecule has 1 amide bonds. The topological polar surface area (TPSA) is 84.9 Å². The van der Waals surface area contributed by atoms with Gasteiger partial charge in [-0.2, -0.15) is 0 Å². The first-order valence-electron chi connectivity index (χ1n) is 6.89. The highest BCUT2D eigenvalue weighted by atomic mass is 16.5. The highest BCUT2D eigenvalue weighted by Crippen LogP contribution is 2.33. The molecule has 6 nitrogen and oxygen atoms in total. The molecule has 1 unspecified atom stereocenters. The molecular formula is C15H19NO5. The van der Waals surface area contributed by atoms with Crippen molar-refractivity contribution in [3.05, 3.63) is 23.8 Å². The third-order valence-corrected chi connectivity index (χ3v) is 3.56. The van der Waals surface area contributed by atoms with E-state index in [1.165, 1.54) is 7.11 Å². The Morgan fingerprint density at radius 2 is 2.24 bits per heavy atom. The first-order valence-corrected chi connectivity index (χ1v) is 6.89. The molecule has 114 valence electrons. The van der Waals surface area contributed by atoms with E-state index in [1.54, 1.807) is 18.2 Å². The van der Waals surface area contributed by atoms with E-state index in [0.717, 1.165) is 6.42 Å². The number of hydrogen-bond donors (Lipinski definition) is 2. The van der Waals surface area contributed by atoms with Gasteiger partial charge in [-0.05, 0) is 18.1 Å². The van der Waals surface area contributed by atoms with E-state index in [2.05, 4.69) is 5.32 Å². The van der Waals surface area contributed by atoms with Crippen molar-refractivity contribution in [2.24, 2.45) is 0 Å². The Morgan fingerprint density at radius 3 is 2.86 bits per heavy atom. The van der Waals surface area contributed by atoms with Crippen molar-refractivity contribution in [2.75, 3.05) is 19.0 Å². The number of methoxy groups -OCH3 is 1. The van der Waals surface area contributed by atoms with Crippen LogP contribution < -0.4 is 10.1 Å². The molecule has 0 aromatic heterocycles. The number of carbonyl (C=O) groups is 2. The van der Waals surface area contributed by atoms with Gasteiger partial charge in [0.1, 0.15) is 5.75 Å². The van der Waals surface area contributed by atoms with Crippen LogP contribution in [0.5, 0.6) is 5.75 Å². The standard InChI is InChI=1S/C15H19NO5/c1-3-4-7-21-15(14(18)19)9-10-5-6-11(20-2)8-12(10)16-13(15)17/h5-6,8H,3-4,7,9H2,1-2H3,(H,16,17)(H,18,19). The Morgan fingerprint density at radius 1 is 1.48 bits per heavy atom. The predicted octanol–water partition coefficient (Wildman–Crippen LogP) is 1.83. The molecule has 0 bridgehead atoms. The van der Waals surface area contributed by atoms with E-state index in [-0.39, 0.29) is 13.0 Å². The quantitative estimate of drug-likeness (QED) is 0.617. The van der Waals surface area contributed by atoms with Gasteiger partial charge in [0, 0.05) is 24.8 Å². The maximum atomic E-state index is 12.3. The van der Waals surface area contributed by atoms with E-state index in [4.69, 9.17) is 9.47 Å². The molecule has 1 aliphatic heterocycles. The van der Waals surface area contributed by atoms with E-state index in [1.807, 2.05) is 6.92 Å². The molecule has 1 aromatic carbocycles. The molecule has 1 aliphatic rings. The number of carbonyl (C=O) groups excluding carboxylic acids is 1. The van der Waals surface area contributed by atoms with Crippen molar-refractivity contribution in [3.8, 4) is 5.75 Å². The van der Waals surface area contributed by atoms with Gasteiger partial charge in [-0.3, -0.25) is 4.79 Å². The number of anilines is 1. The summed E-state index contributed by atoms with van der Waals surface area (Å²) in [5, 5.41) is 12.1. The van der Waals surface area contributed by atoms with Crippen molar-refractivity contribution in [1.29, 1.82) is 0 Å². The molecule has 0 fully saturated rings. The van der Waals surface area contributed by atoms with Gasteiger partial charge in [0.25, 0.3) is 5.91 Å². The summed E-state index contributed by atoms with van der Waals surface area (Å²) in [6.07, 6.45) is 1.58. The van der Waals surface area contributed by atoms with Gasteiger partial charge in [0.05, 0.1) is 7.11 Å². The van der Waals surface area contributed by atoms with Crippen molar-refractivity contribution >= 4 is 17.6 Å². The van der Waals surface area contributed by atoms with Crippen molar-refractivity contribution < 1.29 is 24.2 Å². The van der Waals surface area contributed by atoms with Crippen LogP contribution in [-0.4, -0.2) is 36.3 Å². The second-order valence-corrected chi connectivity index (χ2v) is 4.99. The number of nitrogens with one attached hydrogen (secondary N) is 1. The van der Waals surface area contributed by atoms with Crippen LogP contribution in [0.2, 0.25) is 0 Å². The molecule has 1 atom stereocenters. The first kappa shape index (κ1) is 15.3. The summed E-state index contributed by atoms with van der Waals surface area (Å²) in [4.78, 5) is 23.9. The zero-order valence-electron chi connectivity index (χ0n) is 12.1. The van der Waals surface area contributed by atoms with Crippen molar-refractivity contribution in [3.63, 3.8) is 0 Å². The Bertz CT molecular complexity index is 557. The highest BCUT2D eigenvalue weighted by Gasteiger charge is 2.50. The van der Waals surface area contributed by atoms with E-state index in [0.29, 0.717) is 23.4 Å². The second-order valence-electron chi connectivity index (χ2n) is 4.99. The van der Waals surface area contributed by atoms with Gasteiger partial charge in [0.15, 0.2) is 0 Å². The number of benzene rings is 1. The van der Waals surface area contributed by atoms with Crippen LogP contribution in [0.3, 0.4) is 0 Å². The molecule has 0 radical (unpaired) electrons. The number of unbranched alkanes of at least 4 members (excludes halogenated alkanes) is 1. The van der Waals surface area contributed by atoms with E-state index in [9.17, 15) is 14.7 Å². The molecule has 6 heteroatoms. The minimum Gasteiger partial charge on any atom is -0.497 e. The smallest absolute Gasteiger partial charge is 0.346 e. The molecule has 0 aliphatic carbocycles. The molecule has 0 saturated carbocycles. The van der Waals surface area contributed by atoms with Gasteiger partial charge >= 0.3 is 5.97 Å². The van der Waals surface area contributed by atoms with Crippen molar-refractivity contribution in [1.82, 2.24) is 0 Å². The lowest BCUT2D eigenvalue weighted by atomic mass is 9.88. The second kappa shape index (κ2) is 6.13. The Kier molecular flexibility index (Phi) is 4.47. The number of aliphatic carboxylic acids is 1. The lowest BCUT2D eigenvalue weighted by molar-refractivity contribution is -0.171. The van der Waals surface area contributed by atoms with Crippen LogP contribution in [0.4, 0.5) is 5.69 Å². The van der Waals surface area contributed by atoms with E-state index >= 15 is 0 Å². The molecule has 2 rings (SSSR count). The number of fused-ring (bicyclic) bond motifs is 1. The van der Waals surface area contributed by atoms with Gasteiger partial charge in [-0.1, -0.05) is 19.4 Å². The summed E-state index contributed by atoms with van der Waals surface area (Å²) < 4.78 is 10.6. The fourth-order valence-electron chi connectivity index (χ4n) is 2.27. The number of carboxylic acid groups (broad SMARTS) is 1. The number of hydrogen-bond acceptors (Lipinski definition) is 4. The molecule has 1 aromatic rings. The minimum atomic E-state index is -1.85. The summed E-state index contributed by atoms with van der Waals surface area (Å²) in [7, 11) is 1.53. The Labute approximate surface area is 123 Å². The van der Waals surface area contributed by atoms with Crippen LogP contribution in [0, 0.1) is 0 Å². The third kappa shape index (κ3) is 2.85. The Hall–Kier alpha value is -2.08. The lowest BCUT2D eigenvalue weighted by Crippen LogP contribution is -2.56. The van der Waals surface area contributed by atoms with Gasteiger partial charge in [-0.15, -0.1) is 0 Å². The number of amides is 1. The predicted molar refractivity (Wildman–Crippen MR) is 76.6 cm³/mol. The molecular weight excluding hydrogens is 274 g/mol. The van der Waals surface area contributed by atoms with Crippen LogP contribution in [0.25, 0.3) is 0 Å². The summed E-state index contributed by atoms with van der Waals surface area (Å²) in [5.41, 5.74) is -0.568. The van der Waals surface area contributed by atoms with Crippen LogP contribution in [0.15, 0.2) is 18.2 Å². The number of carboxylic acids is 1. The van der Waals surface area contributed by atoms with Gasteiger partial charge < -0.3 is 19.9 Å². The molecule has 0 spiro atoms. The maximum absolute atomic E-state index is 12.3. The monoisotopic (exact) mass is 293 g/mol. The largest absolute Gasteiger partial charge is 0.497 e. The molecule has 2 N–H and O–H groups in total. The van der Waals surface area contributed by atoms with E-state index < -0.39 is 17.5 Å². The summed E-state index contributed by atoms with van der Waals surface area (Å²) >= 11 is 0. The van der Waals surface area contributed by atoms with Crippen LogP contribution in [-0.2, 0) is 20.7 Å². The maximum Gasteiger partial charge on any atom is 0.346 e. The average molecular weight is 293 g/mol. The lowest BCUT2D eigenvalue weighted by Gasteiger charge is -2.33. The normalized spacial score (nSPS) is 20.6. The van der Waals surface area contributed by atoms with Crippen molar-refractivity contribution in [2.45, 2.75) is 31.8 Å². The number of ether oxygens (including phenoxy) is 2. The SMILES string of the molecule is CCCCOC1(C(=O)O)Cc2ccc(OC)cc2NC1=O. The fourth-order valence-corrected chi connectivity index (χ4v) is 2.27. The molecule has 0 saturated heterocycles. The summed E-state index contributed by atoms with van der Waals surface area (Å²) in [6.45, 7) is 2.21. The van der Waals surface area contributed by atoms with Crippen LogP contribution >= 0.6 is 0 Å². The molecule has 21 heavy (non-hydrogen) atoms. The van der Waals surface area contributed by atoms with Gasteiger partial charge in [0.2, 0.25) is 5.60 Å². The highest BCUT2D eigenvalue weighted by molar-refractivity contribution is 6.13. The fraction of sp³-hybridized carbons (Fsp3) is 0.467.